The fraction of sp³-hybridized carbons (Fsp3) is 0.778. The number of nitrogens with one attached hydrogen (secondary N) is 2. The normalized spacial score (nSPS) is 26.7. The summed E-state index contributed by atoms with van der Waals surface area (Å²) in [5, 5.41) is 11.1. The molecule has 2 saturated heterocycles. The minimum absolute atomic E-state index is 0.0836. The molecule has 3 fully saturated rings. The fourth-order valence-electron chi connectivity index (χ4n) is 4.24. The number of hydrogen-bond acceptors (Lipinski definition) is 4. The number of nitrogens with zero attached hydrogens (tertiary/aromatic N) is 3. The van der Waals surface area contributed by atoms with E-state index in [4.69, 9.17) is 0 Å². The Morgan fingerprint density at radius 2 is 1.88 bits per heavy atom. The maximum absolute atomic E-state index is 12.7. The lowest BCUT2D eigenvalue weighted by Crippen LogP contribution is -2.49. The van der Waals surface area contributed by atoms with Crippen LogP contribution in [0.4, 0.5) is 0 Å². The van der Waals surface area contributed by atoms with Crippen LogP contribution in [0.15, 0.2) is 6.07 Å². The van der Waals surface area contributed by atoms with Crippen molar-refractivity contribution in [2.75, 3.05) is 26.7 Å². The van der Waals surface area contributed by atoms with Crippen molar-refractivity contribution < 1.29 is 4.79 Å². The van der Waals surface area contributed by atoms with Crippen LogP contribution in [0.25, 0.3) is 0 Å². The number of amides is 1. The van der Waals surface area contributed by atoms with Gasteiger partial charge < -0.3 is 10.2 Å². The zero-order valence-corrected chi connectivity index (χ0v) is 14.6. The summed E-state index contributed by atoms with van der Waals surface area (Å²) in [5.41, 5.74) is 1.66. The molecule has 1 aliphatic carbocycles. The van der Waals surface area contributed by atoms with E-state index in [1.165, 1.54) is 25.7 Å². The monoisotopic (exact) mass is 331 g/mol. The van der Waals surface area contributed by atoms with Gasteiger partial charge in [-0.15, -0.1) is 0 Å². The van der Waals surface area contributed by atoms with Gasteiger partial charge in [0.25, 0.3) is 5.91 Å². The van der Waals surface area contributed by atoms with Crippen molar-refractivity contribution in [3.63, 3.8) is 0 Å². The van der Waals surface area contributed by atoms with Crippen LogP contribution in [0.5, 0.6) is 0 Å². The Morgan fingerprint density at radius 1 is 1.12 bits per heavy atom. The van der Waals surface area contributed by atoms with Crippen LogP contribution in [-0.4, -0.2) is 64.7 Å². The number of hydrogen-bond donors (Lipinski definition) is 2. The lowest BCUT2D eigenvalue weighted by molar-refractivity contribution is 0.0691. The van der Waals surface area contributed by atoms with Crippen molar-refractivity contribution in [1.29, 1.82) is 0 Å². The van der Waals surface area contributed by atoms with Crippen molar-refractivity contribution in [1.82, 2.24) is 25.3 Å². The highest BCUT2D eigenvalue weighted by atomic mass is 16.2. The number of likely N-dealkylation sites (tertiary alicyclic amines) is 2. The molecule has 1 aromatic rings. The summed E-state index contributed by atoms with van der Waals surface area (Å²) in [7, 11) is 2.14. The topological polar surface area (TPSA) is 64.3 Å². The molecule has 3 heterocycles. The molecule has 132 valence electrons. The Bertz CT molecular complexity index is 574. The van der Waals surface area contributed by atoms with Gasteiger partial charge in [0.1, 0.15) is 5.69 Å². The van der Waals surface area contributed by atoms with Gasteiger partial charge in [-0.25, -0.2) is 0 Å². The first-order valence-corrected chi connectivity index (χ1v) is 9.51. The third-order valence-electron chi connectivity index (χ3n) is 6.05. The van der Waals surface area contributed by atoms with Crippen molar-refractivity contribution in [2.45, 2.75) is 63.1 Å². The smallest absolute Gasteiger partial charge is 0.274 e. The summed E-state index contributed by atoms with van der Waals surface area (Å²) < 4.78 is 0. The second kappa shape index (κ2) is 6.84. The zero-order chi connectivity index (χ0) is 16.5. The molecule has 1 atom stereocenters. The molecule has 1 aromatic heterocycles. The van der Waals surface area contributed by atoms with E-state index in [-0.39, 0.29) is 5.91 Å². The quantitative estimate of drug-likeness (QED) is 0.885. The Balaban J connectivity index is 1.32. The molecule has 4 rings (SSSR count). The molecule has 0 aromatic carbocycles. The minimum Gasteiger partial charge on any atom is -0.337 e. The molecular formula is C18H29N5O. The van der Waals surface area contributed by atoms with Gasteiger partial charge >= 0.3 is 0 Å². The third kappa shape index (κ3) is 3.22. The Labute approximate surface area is 144 Å². The molecule has 0 spiro atoms. The number of aromatic nitrogens is 2. The van der Waals surface area contributed by atoms with Crippen LogP contribution in [0.2, 0.25) is 0 Å². The maximum Gasteiger partial charge on any atom is 0.274 e. The van der Waals surface area contributed by atoms with E-state index in [0.717, 1.165) is 50.6 Å². The van der Waals surface area contributed by atoms with Crippen molar-refractivity contribution >= 4 is 5.91 Å². The molecule has 3 aliphatic rings. The molecule has 24 heavy (non-hydrogen) atoms. The molecule has 0 bridgehead atoms. The summed E-state index contributed by atoms with van der Waals surface area (Å²) in [6, 6.07) is 3.67. The number of aromatic amines is 1. The molecule has 6 nitrogen and oxygen atoms in total. The molecule has 0 radical (unpaired) electrons. The SMILES string of the molecule is CN1CCCC1c1cc(C(=O)N2CCC(NC3CCC3)CC2)n[nH]1. The summed E-state index contributed by atoms with van der Waals surface area (Å²) in [5.74, 6) is 0.0836. The first-order valence-electron chi connectivity index (χ1n) is 9.51. The van der Waals surface area contributed by atoms with Crippen LogP contribution in [0.1, 0.15) is 67.2 Å². The second-order valence-electron chi connectivity index (χ2n) is 7.71. The van der Waals surface area contributed by atoms with Gasteiger partial charge in [-0.05, 0) is 58.2 Å². The van der Waals surface area contributed by atoms with Crippen LogP contribution in [0.3, 0.4) is 0 Å². The number of piperidine rings is 1. The van der Waals surface area contributed by atoms with E-state index < -0.39 is 0 Å². The number of carbonyl (C=O) groups excluding carboxylic acids is 1. The van der Waals surface area contributed by atoms with Crippen LogP contribution in [0, 0.1) is 0 Å². The summed E-state index contributed by atoms with van der Waals surface area (Å²) in [6.07, 6.45) is 8.49. The van der Waals surface area contributed by atoms with Gasteiger partial charge in [-0.1, -0.05) is 6.42 Å². The lowest BCUT2D eigenvalue weighted by atomic mass is 9.91. The van der Waals surface area contributed by atoms with Gasteiger partial charge in [-0.2, -0.15) is 5.10 Å². The Hall–Kier alpha value is -1.40. The van der Waals surface area contributed by atoms with E-state index in [1.807, 2.05) is 11.0 Å². The van der Waals surface area contributed by atoms with E-state index in [9.17, 15) is 4.79 Å². The molecule has 1 unspecified atom stereocenters. The average molecular weight is 331 g/mol. The first-order chi connectivity index (χ1) is 11.7. The molecule has 2 aliphatic heterocycles. The summed E-state index contributed by atoms with van der Waals surface area (Å²) in [4.78, 5) is 17.0. The number of H-pyrrole nitrogens is 1. The van der Waals surface area contributed by atoms with Crippen molar-refractivity contribution in [3.8, 4) is 0 Å². The predicted octanol–water partition coefficient (Wildman–Crippen LogP) is 1.92. The highest BCUT2D eigenvalue weighted by Gasteiger charge is 2.29. The van der Waals surface area contributed by atoms with Crippen LogP contribution >= 0.6 is 0 Å². The summed E-state index contributed by atoms with van der Waals surface area (Å²) in [6.45, 7) is 2.80. The second-order valence-corrected chi connectivity index (χ2v) is 7.71. The lowest BCUT2D eigenvalue weighted by Gasteiger charge is -2.36. The van der Waals surface area contributed by atoms with E-state index >= 15 is 0 Å². The van der Waals surface area contributed by atoms with Gasteiger partial charge in [0, 0.05) is 25.2 Å². The van der Waals surface area contributed by atoms with Crippen molar-refractivity contribution in [2.24, 2.45) is 0 Å². The average Bonchev–Trinajstić information content (AvgIpc) is 3.19. The highest BCUT2D eigenvalue weighted by molar-refractivity contribution is 5.92. The first kappa shape index (κ1) is 16.1. The van der Waals surface area contributed by atoms with Gasteiger partial charge in [-0.3, -0.25) is 14.8 Å². The molecule has 2 N–H and O–H groups in total. The third-order valence-corrected chi connectivity index (χ3v) is 6.05. The minimum atomic E-state index is 0.0836. The maximum atomic E-state index is 12.7. The molecular weight excluding hydrogens is 302 g/mol. The Kier molecular flexibility index (Phi) is 4.59. The Morgan fingerprint density at radius 3 is 2.50 bits per heavy atom. The molecule has 1 saturated carbocycles. The standard InChI is InChI=1S/C18H29N5O/c1-22-9-3-6-17(22)15-12-16(21-20-15)18(24)23-10-7-14(8-11-23)19-13-4-2-5-13/h12-14,17,19H,2-11H2,1H3,(H,20,21). The predicted molar refractivity (Wildman–Crippen MR) is 92.9 cm³/mol. The highest BCUT2D eigenvalue weighted by Crippen LogP contribution is 2.29. The van der Waals surface area contributed by atoms with E-state index in [0.29, 0.717) is 17.8 Å². The summed E-state index contributed by atoms with van der Waals surface area (Å²) >= 11 is 0. The van der Waals surface area contributed by atoms with Gasteiger partial charge in [0.05, 0.1) is 11.7 Å². The fourth-order valence-corrected chi connectivity index (χ4v) is 4.24. The largest absolute Gasteiger partial charge is 0.337 e. The van der Waals surface area contributed by atoms with Crippen molar-refractivity contribution in [3.05, 3.63) is 17.5 Å². The van der Waals surface area contributed by atoms with Crippen LogP contribution in [-0.2, 0) is 0 Å². The van der Waals surface area contributed by atoms with E-state index in [2.05, 4.69) is 27.5 Å². The molecule has 6 heteroatoms. The van der Waals surface area contributed by atoms with Gasteiger partial charge in [0.2, 0.25) is 0 Å². The number of rotatable bonds is 4. The zero-order valence-electron chi connectivity index (χ0n) is 14.6. The molecule has 1 amide bonds. The van der Waals surface area contributed by atoms with E-state index in [1.54, 1.807) is 0 Å². The number of carbonyl (C=O) groups is 1. The van der Waals surface area contributed by atoms with Gasteiger partial charge in [0.15, 0.2) is 0 Å². The van der Waals surface area contributed by atoms with Crippen LogP contribution < -0.4 is 5.32 Å².